The van der Waals surface area contributed by atoms with Gasteiger partial charge in [0.1, 0.15) is 18.0 Å². The van der Waals surface area contributed by atoms with E-state index in [2.05, 4.69) is 20.0 Å². The number of fused-ring (bicyclic) bond motifs is 2. The third-order valence-corrected chi connectivity index (χ3v) is 5.62. The van der Waals surface area contributed by atoms with Crippen molar-refractivity contribution in [2.75, 3.05) is 25.2 Å². The highest BCUT2D eigenvalue weighted by Crippen LogP contribution is 2.35. The first-order chi connectivity index (χ1) is 14.7. The van der Waals surface area contributed by atoms with Gasteiger partial charge in [0, 0.05) is 25.4 Å². The fourth-order valence-corrected chi connectivity index (χ4v) is 4.26. The quantitative estimate of drug-likeness (QED) is 0.502. The smallest absolute Gasteiger partial charge is 0.261 e. The van der Waals surface area contributed by atoms with Gasteiger partial charge in [0.05, 0.1) is 30.1 Å². The van der Waals surface area contributed by atoms with Gasteiger partial charge >= 0.3 is 0 Å². The molecule has 0 N–H and O–H groups in total. The van der Waals surface area contributed by atoms with Crippen molar-refractivity contribution in [3.8, 4) is 0 Å². The lowest BCUT2D eigenvalue weighted by Gasteiger charge is -2.28. The largest absolute Gasteiger partial charge is 0.383 e. The van der Waals surface area contributed by atoms with Gasteiger partial charge in [-0.15, -0.1) is 0 Å². The predicted molar refractivity (Wildman–Crippen MR) is 113 cm³/mol. The number of methoxy groups -OCH3 is 1. The number of hydrogen-bond donors (Lipinski definition) is 0. The zero-order valence-corrected chi connectivity index (χ0v) is 17.0. The van der Waals surface area contributed by atoms with Crippen molar-refractivity contribution in [3.05, 3.63) is 58.5 Å². The van der Waals surface area contributed by atoms with Gasteiger partial charge in [0.15, 0.2) is 0 Å². The molecule has 4 aromatic rings. The van der Waals surface area contributed by atoms with Crippen LogP contribution in [0, 0.1) is 6.92 Å². The summed E-state index contributed by atoms with van der Waals surface area (Å²) in [4.78, 5) is 29.2. The minimum absolute atomic E-state index is 0.0312. The van der Waals surface area contributed by atoms with Crippen molar-refractivity contribution in [1.82, 2.24) is 29.1 Å². The van der Waals surface area contributed by atoms with E-state index in [9.17, 15) is 4.79 Å². The first kappa shape index (κ1) is 18.7. The van der Waals surface area contributed by atoms with Crippen LogP contribution < -0.4 is 10.5 Å². The molecule has 0 aliphatic carbocycles. The molecule has 1 aliphatic heterocycles. The van der Waals surface area contributed by atoms with E-state index in [1.807, 2.05) is 37.3 Å². The summed E-state index contributed by atoms with van der Waals surface area (Å²) in [7, 11) is 1.64. The molecule has 1 aliphatic rings. The van der Waals surface area contributed by atoms with E-state index >= 15 is 0 Å². The van der Waals surface area contributed by atoms with Gasteiger partial charge in [-0.3, -0.25) is 9.36 Å². The monoisotopic (exact) mass is 405 g/mol. The normalized spacial score (nSPS) is 16.7. The third-order valence-electron chi connectivity index (χ3n) is 5.62. The Hall–Kier alpha value is -3.33. The Morgan fingerprint density at radius 2 is 2.10 bits per heavy atom. The number of aromatic nitrogens is 6. The summed E-state index contributed by atoms with van der Waals surface area (Å²) >= 11 is 0. The molecule has 1 aromatic carbocycles. The van der Waals surface area contributed by atoms with E-state index in [-0.39, 0.29) is 11.6 Å². The average Bonchev–Trinajstić information content (AvgIpc) is 3.42. The second-order valence-electron chi connectivity index (χ2n) is 7.52. The Bertz CT molecular complexity index is 1280. The topological polar surface area (TPSA) is 90.4 Å². The maximum Gasteiger partial charge on any atom is 0.261 e. The van der Waals surface area contributed by atoms with Gasteiger partial charge in [-0.1, -0.05) is 12.1 Å². The number of nitrogens with zero attached hydrogens (tertiary/aromatic N) is 7. The molecule has 3 aromatic heterocycles. The third kappa shape index (κ3) is 3.02. The molecule has 9 nitrogen and oxygen atoms in total. The average molecular weight is 405 g/mol. The standard InChI is InChI=1S/C21H23N7O2/c1-14-12-18(28-21(24-14)22-13-23-28)26-9-5-8-17(26)19-25-16-7-4-3-6-15(16)20(29)27(19)10-11-30-2/h3-4,6-7,12-13,17H,5,8-11H2,1-2H3. The number of para-hydroxylation sites is 1. The first-order valence-electron chi connectivity index (χ1n) is 10.1. The minimum Gasteiger partial charge on any atom is -0.383 e. The van der Waals surface area contributed by atoms with Gasteiger partial charge < -0.3 is 9.64 Å². The zero-order chi connectivity index (χ0) is 20.7. The zero-order valence-electron chi connectivity index (χ0n) is 17.0. The number of aryl methyl sites for hydroxylation is 1. The van der Waals surface area contributed by atoms with Crippen LogP contribution in [0.1, 0.15) is 30.4 Å². The predicted octanol–water partition coefficient (Wildman–Crippen LogP) is 2.13. The van der Waals surface area contributed by atoms with Crippen LogP contribution in [0.5, 0.6) is 0 Å². The molecule has 1 unspecified atom stereocenters. The summed E-state index contributed by atoms with van der Waals surface area (Å²) in [5.74, 6) is 2.24. The highest BCUT2D eigenvalue weighted by Gasteiger charge is 2.32. The van der Waals surface area contributed by atoms with E-state index in [1.54, 1.807) is 16.2 Å². The van der Waals surface area contributed by atoms with Crippen LogP contribution in [-0.4, -0.2) is 49.4 Å². The Morgan fingerprint density at radius 1 is 1.23 bits per heavy atom. The lowest BCUT2D eigenvalue weighted by molar-refractivity contribution is 0.184. The highest BCUT2D eigenvalue weighted by molar-refractivity contribution is 5.77. The molecule has 0 radical (unpaired) electrons. The summed E-state index contributed by atoms with van der Waals surface area (Å²) in [6.07, 6.45) is 3.41. The van der Waals surface area contributed by atoms with Gasteiger partial charge in [-0.2, -0.15) is 14.6 Å². The van der Waals surface area contributed by atoms with E-state index < -0.39 is 0 Å². The molecule has 5 rings (SSSR count). The Balaban J connectivity index is 1.68. The summed E-state index contributed by atoms with van der Waals surface area (Å²) < 4.78 is 8.79. The van der Waals surface area contributed by atoms with Gasteiger partial charge in [-0.05, 0) is 31.9 Å². The second kappa shape index (κ2) is 7.49. The summed E-state index contributed by atoms with van der Waals surface area (Å²) in [5.41, 5.74) is 1.56. The maximum absolute atomic E-state index is 13.3. The van der Waals surface area contributed by atoms with Gasteiger partial charge in [0.25, 0.3) is 11.3 Å². The van der Waals surface area contributed by atoms with Gasteiger partial charge in [-0.25, -0.2) is 9.97 Å². The fraction of sp³-hybridized carbons (Fsp3) is 0.381. The maximum atomic E-state index is 13.3. The molecule has 9 heteroatoms. The number of ether oxygens (including phenoxy) is 1. The lowest BCUT2D eigenvalue weighted by Crippen LogP contribution is -2.34. The van der Waals surface area contributed by atoms with E-state index in [1.165, 1.54) is 6.33 Å². The van der Waals surface area contributed by atoms with Crippen LogP contribution in [0.2, 0.25) is 0 Å². The number of rotatable bonds is 5. The fourth-order valence-electron chi connectivity index (χ4n) is 4.26. The molecule has 0 bridgehead atoms. The van der Waals surface area contributed by atoms with Crippen molar-refractivity contribution < 1.29 is 4.74 Å². The van der Waals surface area contributed by atoms with Crippen LogP contribution in [0.25, 0.3) is 16.7 Å². The molecule has 0 amide bonds. The van der Waals surface area contributed by atoms with Crippen molar-refractivity contribution >= 4 is 22.5 Å². The van der Waals surface area contributed by atoms with E-state index in [0.29, 0.717) is 24.3 Å². The molecular weight excluding hydrogens is 382 g/mol. The molecule has 1 atom stereocenters. The van der Waals surface area contributed by atoms with Crippen LogP contribution >= 0.6 is 0 Å². The molecule has 1 saturated heterocycles. The molecular formula is C21H23N7O2. The summed E-state index contributed by atoms with van der Waals surface area (Å²) in [5, 5.41) is 4.99. The lowest BCUT2D eigenvalue weighted by atomic mass is 10.1. The number of benzene rings is 1. The highest BCUT2D eigenvalue weighted by atomic mass is 16.5. The van der Waals surface area contributed by atoms with Crippen molar-refractivity contribution in [1.29, 1.82) is 0 Å². The molecule has 4 heterocycles. The molecule has 0 saturated carbocycles. The number of hydrogen-bond acceptors (Lipinski definition) is 7. The van der Waals surface area contributed by atoms with Crippen LogP contribution in [-0.2, 0) is 11.3 Å². The summed E-state index contributed by atoms with van der Waals surface area (Å²) in [6, 6.07) is 9.47. The SMILES string of the molecule is COCCn1c(C2CCCN2c2cc(C)nc3ncnn23)nc2ccccc2c1=O. The van der Waals surface area contributed by atoms with E-state index in [4.69, 9.17) is 9.72 Å². The molecule has 30 heavy (non-hydrogen) atoms. The van der Waals surface area contributed by atoms with Gasteiger partial charge in [0.2, 0.25) is 0 Å². The molecule has 0 spiro atoms. The summed E-state index contributed by atoms with van der Waals surface area (Å²) in [6.45, 7) is 3.70. The minimum atomic E-state index is -0.0478. The van der Waals surface area contributed by atoms with Crippen LogP contribution in [0.15, 0.2) is 41.5 Å². The molecule has 154 valence electrons. The Labute approximate surface area is 173 Å². The molecule has 1 fully saturated rings. The van der Waals surface area contributed by atoms with Crippen molar-refractivity contribution in [2.24, 2.45) is 0 Å². The van der Waals surface area contributed by atoms with Crippen LogP contribution in [0.4, 0.5) is 5.82 Å². The second-order valence-corrected chi connectivity index (χ2v) is 7.52. The van der Waals surface area contributed by atoms with E-state index in [0.717, 1.165) is 42.2 Å². The Kier molecular flexibility index (Phi) is 4.66. The Morgan fingerprint density at radius 3 is 2.97 bits per heavy atom. The van der Waals surface area contributed by atoms with Crippen molar-refractivity contribution in [3.63, 3.8) is 0 Å². The van der Waals surface area contributed by atoms with Crippen molar-refractivity contribution in [2.45, 2.75) is 32.4 Å². The first-order valence-corrected chi connectivity index (χ1v) is 10.1. The van der Waals surface area contributed by atoms with Crippen LogP contribution in [0.3, 0.4) is 0 Å². The number of anilines is 1.